The van der Waals surface area contributed by atoms with Crippen molar-refractivity contribution in [1.82, 2.24) is 0 Å². The van der Waals surface area contributed by atoms with E-state index in [0.717, 1.165) is 17.4 Å². The highest BCUT2D eigenvalue weighted by molar-refractivity contribution is 7.92. The van der Waals surface area contributed by atoms with Gasteiger partial charge in [0.05, 0.1) is 10.1 Å². The fourth-order valence-corrected chi connectivity index (χ4v) is 5.09. The van der Waals surface area contributed by atoms with Crippen LogP contribution in [0.2, 0.25) is 5.02 Å². The van der Waals surface area contributed by atoms with E-state index in [1.165, 1.54) is 0 Å². The Morgan fingerprint density at radius 1 is 1.00 bits per heavy atom. The highest BCUT2D eigenvalue weighted by Crippen LogP contribution is 2.52. The lowest BCUT2D eigenvalue weighted by Gasteiger charge is -2.05. The fraction of sp³-hybridized carbons (Fsp3) is 0.235. The molecule has 0 spiro atoms. The molecular formula is C17H15ClO3S. The normalized spacial score (nSPS) is 24.0. The first-order valence-electron chi connectivity index (χ1n) is 6.96. The Morgan fingerprint density at radius 3 is 2.14 bits per heavy atom. The van der Waals surface area contributed by atoms with E-state index in [1.807, 2.05) is 6.92 Å². The molecule has 0 radical (unpaired) electrons. The molecule has 0 bridgehead atoms. The van der Waals surface area contributed by atoms with Crippen LogP contribution in [-0.4, -0.2) is 20.0 Å². The van der Waals surface area contributed by atoms with Gasteiger partial charge in [-0.1, -0.05) is 41.4 Å². The van der Waals surface area contributed by atoms with Crippen LogP contribution in [0.3, 0.4) is 0 Å². The van der Waals surface area contributed by atoms with Crippen LogP contribution < -0.4 is 0 Å². The molecule has 0 N–H and O–H groups in total. The van der Waals surface area contributed by atoms with E-state index in [1.54, 1.807) is 48.5 Å². The first-order chi connectivity index (χ1) is 10.4. The molecule has 3 nitrogen and oxygen atoms in total. The van der Waals surface area contributed by atoms with E-state index >= 15 is 0 Å². The van der Waals surface area contributed by atoms with E-state index < -0.39 is 21.0 Å². The molecule has 3 rings (SSSR count). The van der Waals surface area contributed by atoms with Crippen molar-refractivity contribution in [3.8, 4) is 0 Å². The van der Waals surface area contributed by atoms with E-state index in [0.29, 0.717) is 5.02 Å². The van der Waals surface area contributed by atoms with Crippen LogP contribution >= 0.6 is 11.6 Å². The van der Waals surface area contributed by atoms with E-state index in [9.17, 15) is 13.2 Å². The van der Waals surface area contributed by atoms with Crippen molar-refractivity contribution in [3.63, 3.8) is 0 Å². The molecule has 2 aromatic carbocycles. The Kier molecular flexibility index (Phi) is 3.83. The van der Waals surface area contributed by atoms with Gasteiger partial charge in [0.2, 0.25) is 0 Å². The minimum atomic E-state index is -3.52. The maximum atomic E-state index is 12.7. The lowest BCUT2D eigenvalue weighted by molar-refractivity contribution is -0.108. The third-order valence-electron chi connectivity index (χ3n) is 4.13. The molecule has 0 heterocycles. The molecule has 1 aliphatic rings. The van der Waals surface area contributed by atoms with Gasteiger partial charge in [0.1, 0.15) is 6.29 Å². The Labute approximate surface area is 134 Å². The lowest BCUT2D eigenvalue weighted by Crippen LogP contribution is -2.11. The van der Waals surface area contributed by atoms with Crippen LogP contribution in [0.5, 0.6) is 0 Å². The summed E-state index contributed by atoms with van der Waals surface area (Å²) >= 11 is 5.86. The van der Waals surface area contributed by atoms with Crippen molar-refractivity contribution >= 4 is 27.7 Å². The minimum absolute atomic E-state index is 0.270. The van der Waals surface area contributed by atoms with Gasteiger partial charge in [-0.25, -0.2) is 8.42 Å². The predicted molar refractivity (Wildman–Crippen MR) is 85.9 cm³/mol. The maximum Gasteiger partial charge on any atom is 0.182 e. The molecular weight excluding hydrogens is 320 g/mol. The second-order valence-electron chi connectivity index (χ2n) is 5.61. The van der Waals surface area contributed by atoms with Crippen LogP contribution in [0.15, 0.2) is 53.4 Å². The summed E-state index contributed by atoms with van der Waals surface area (Å²) in [5.41, 5.74) is 1.83. The molecule has 5 heteroatoms. The van der Waals surface area contributed by atoms with Crippen molar-refractivity contribution < 1.29 is 13.2 Å². The molecule has 1 fully saturated rings. The predicted octanol–water partition coefficient (Wildman–Crippen LogP) is 3.40. The Hall–Kier alpha value is -1.65. The van der Waals surface area contributed by atoms with E-state index in [-0.39, 0.29) is 10.8 Å². The number of sulfone groups is 1. The number of aldehydes is 1. The van der Waals surface area contributed by atoms with Crippen molar-refractivity contribution in [2.75, 3.05) is 0 Å². The average Bonchev–Trinajstić information content (AvgIpc) is 3.24. The zero-order valence-electron chi connectivity index (χ0n) is 11.9. The summed E-state index contributed by atoms with van der Waals surface area (Å²) in [4.78, 5) is 11.5. The minimum Gasteiger partial charge on any atom is -0.303 e. The smallest absolute Gasteiger partial charge is 0.182 e. The Balaban J connectivity index is 1.95. The molecule has 2 aromatic rings. The number of hydrogen-bond donors (Lipinski definition) is 0. The summed E-state index contributed by atoms with van der Waals surface area (Å²) in [6.07, 6.45) is 0.746. The molecule has 114 valence electrons. The summed E-state index contributed by atoms with van der Waals surface area (Å²) in [5.74, 6) is -0.784. The highest BCUT2D eigenvalue weighted by Gasteiger charge is 2.58. The van der Waals surface area contributed by atoms with Crippen molar-refractivity contribution in [3.05, 3.63) is 64.7 Å². The van der Waals surface area contributed by atoms with Crippen LogP contribution in [0.4, 0.5) is 0 Å². The van der Waals surface area contributed by atoms with Gasteiger partial charge in [0.15, 0.2) is 9.84 Å². The van der Waals surface area contributed by atoms with Crippen molar-refractivity contribution in [2.24, 2.45) is 5.92 Å². The van der Waals surface area contributed by atoms with Gasteiger partial charge >= 0.3 is 0 Å². The number of carbonyl (C=O) groups is 1. The number of carbonyl (C=O) groups excluding carboxylic acids is 1. The van der Waals surface area contributed by atoms with Crippen LogP contribution in [-0.2, 0) is 14.6 Å². The average molecular weight is 335 g/mol. The molecule has 0 amide bonds. The first kappa shape index (κ1) is 15.3. The molecule has 0 aromatic heterocycles. The van der Waals surface area contributed by atoms with Gasteiger partial charge < -0.3 is 4.79 Å². The SMILES string of the molecule is Cc1ccc(S(=O)(=O)[C@@H]2[C@H](C=O)[C@@H]2c2ccc(Cl)cc2)cc1. The van der Waals surface area contributed by atoms with E-state index in [2.05, 4.69) is 0 Å². The molecule has 0 saturated heterocycles. The molecule has 3 atom stereocenters. The van der Waals surface area contributed by atoms with Gasteiger partial charge in [-0.05, 0) is 36.8 Å². The summed E-state index contributed by atoms with van der Waals surface area (Å²) in [6, 6.07) is 13.7. The molecule has 0 unspecified atom stereocenters. The van der Waals surface area contributed by atoms with Crippen molar-refractivity contribution in [1.29, 1.82) is 0 Å². The van der Waals surface area contributed by atoms with Gasteiger partial charge in [0, 0.05) is 16.9 Å². The summed E-state index contributed by atoms with van der Waals surface area (Å²) in [5, 5.41) is -0.0983. The highest BCUT2D eigenvalue weighted by atomic mass is 35.5. The zero-order valence-corrected chi connectivity index (χ0v) is 13.5. The van der Waals surface area contributed by atoms with Gasteiger partial charge in [-0.3, -0.25) is 0 Å². The Bertz CT molecular complexity index is 795. The number of aryl methyl sites for hydroxylation is 1. The quantitative estimate of drug-likeness (QED) is 0.805. The molecule has 22 heavy (non-hydrogen) atoms. The van der Waals surface area contributed by atoms with Crippen LogP contribution in [0, 0.1) is 12.8 Å². The van der Waals surface area contributed by atoms with Gasteiger partial charge in [0.25, 0.3) is 0 Å². The second-order valence-corrected chi connectivity index (χ2v) is 8.16. The first-order valence-corrected chi connectivity index (χ1v) is 8.89. The number of halogens is 1. The number of hydrogen-bond acceptors (Lipinski definition) is 3. The van der Waals surface area contributed by atoms with Crippen LogP contribution in [0.1, 0.15) is 17.0 Å². The molecule has 1 aliphatic carbocycles. The lowest BCUT2D eigenvalue weighted by atomic mass is 10.1. The summed E-state index contributed by atoms with van der Waals surface area (Å²) < 4.78 is 25.5. The molecule has 0 aliphatic heterocycles. The third kappa shape index (κ3) is 2.57. The van der Waals surface area contributed by atoms with E-state index in [4.69, 9.17) is 11.6 Å². The third-order valence-corrected chi connectivity index (χ3v) is 6.63. The Morgan fingerprint density at radius 2 is 1.59 bits per heavy atom. The fourth-order valence-electron chi connectivity index (χ4n) is 2.85. The van der Waals surface area contributed by atoms with Gasteiger partial charge in [-0.2, -0.15) is 0 Å². The van der Waals surface area contributed by atoms with Crippen LogP contribution in [0.25, 0.3) is 0 Å². The van der Waals surface area contributed by atoms with Crippen molar-refractivity contribution in [2.45, 2.75) is 23.0 Å². The van der Waals surface area contributed by atoms with Gasteiger partial charge in [-0.15, -0.1) is 0 Å². The summed E-state index contributed by atoms with van der Waals surface area (Å²) in [6.45, 7) is 1.90. The molecule has 1 saturated carbocycles. The zero-order chi connectivity index (χ0) is 15.9. The maximum absolute atomic E-state index is 12.7. The summed E-state index contributed by atoms with van der Waals surface area (Å²) in [7, 11) is -3.52. The number of rotatable bonds is 4. The largest absolute Gasteiger partial charge is 0.303 e. The number of benzene rings is 2. The second kappa shape index (κ2) is 5.52. The standard InChI is InChI=1S/C17H15ClO3S/c1-11-2-8-14(9-3-11)22(20,21)17-15(10-19)16(17)12-4-6-13(18)7-5-12/h2-10,15-17H,1H3/t15-,16+,17-/m1/s1. The topological polar surface area (TPSA) is 51.2 Å². The monoisotopic (exact) mass is 334 g/mol.